The molecule has 0 amide bonds. The minimum absolute atomic E-state index is 0.185. The lowest BCUT2D eigenvalue weighted by molar-refractivity contribution is 0.475. The maximum Gasteiger partial charge on any atom is 0.172 e. The fourth-order valence-electron chi connectivity index (χ4n) is 1.90. The number of nitrogens with zero attached hydrogens (tertiary/aromatic N) is 4. The highest BCUT2D eigenvalue weighted by Crippen LogP contribution is 2.25. The second kappa shape index (κ2) is 6.41. The van der Waals surface area contributed by atoms with E-state index in [9.17, 15) is 10.4 Å². The Morgan fingerprint density at radius 1 is 1.26 bits per heavy atom. The van der Waals surface area contributed by atoms with Gasteiger partial charge in [0.05, 0.1) is 11.9 Å². The molecule has 3 N–H and O–H groups in total. The molecule has 0 aliphatic carbocycles. The van der Waals surface area contributed by atoms with Gasteiger partial charge in [-0.05, 0) is 42.0 Å². The van der Waals surface area contributed by atoms with Gasteiger partial charge < -0.3 is 10.4 Å². The van der Waals surface area contributed by atoms with Crippen LogP contribution in [0.4, 0.5) is 17.3 Å². The molecular formula is C16H12N6O. The van der Waals surface area contributed by atoms with Crippen molar-refractivity contribution in [3.63, 3.8) is 0 Å². The lowest BCUT2D eigenvalue weighted by Crippen LogP contribution is -1.93. The molecule has 112 valence electrons. The topological polar surface area (TPSA) is 110 Å². The van der Waals surface area contributed by atoms with Crippen molar-refractivity contribution in [2.45, 2.75) is 0 Å². The molecule has 7 nitrogen and oxygen atoms in total. The number of anilines is 2. The maximum absolute atomic E-state index is 9.33. The van der Waals surface area contributed by atoms with E-state index >= 15 is 0 Å². The van der Waals surface area contributed by atoms with Gasteiger partial charge in [0.15, 0.2) is 11.6 Å². The van der Waals surface area contributed by atoms with Crippen LogP contribution in [0, 0.1) is 11.3 Å². The zero-order valence-corrected chi connectivity index (χ0v) is 11.9. The first-order valence-electron chi connectivity index (χ1n) is 6.75. The molecule has 1 aromatic carbocycles. The Labute approximate surface area is 132 Å². The molecule has 2 aromatic heterocycles. The van der Waals surface area contributed by atoms with E-state index in [1.54, 1.807) is 48.9 Å². The molecule has 0 saturated heterocycles. The molecule has 0 bridgehead atoms. The summed E-state index contributed by atoms with van der Waals surface area (Å²) in [4.78, 5) is 8.23. The van der Waals surface area contributed by atoms with Crippen LogP contribution in [0.15, 0.2) is 53.8 Å². The number of phenols is 1. The molecule has 0 aliphatic heterocycles. The fraction of sp³-hybridized carbons (Fsp3) is 0. The third-order valence-corrected chi connectivity index (χ3v) is 3.02. The summed E-state index contributed by atoms with van der Waals surface area (Å²) in [5, 5.41) is 28.4. The lowest BCUT2D eigenvalue weighted by atomic mass is 10.2. The van der Waals surface area contributed by atoms with Crippen LogP contribution >= 0.6 is 0 Å². The summed E-state index contributed by atoms with van der Waals surface area (Å²) in [5.41, 5.74) is 1.83. The first kappa shape index (κ1) is 14.3. The fourth-order valence-corrected chi connectivity index (χ4v) is 1.90. The van der Waals surface area contributed by atoms with Gasteiger partial charge in [0.1, 0.15) is 17.4 Å². The van der Waals surface area contributed by atoms with Gasteiger partial charge >= 0.3 is 0 Å². The molecule has 0 spiro atoms. The summed E-state index contributed by atoms with van der Waals surface area (Å²) in [6.07, 6.45) is 4.88. The number of aromatic nitrogens is 3. The number of aromatic hydroxyl groups is 1. The largest absolute Gasteiger partial charge is 0.508 e. The Balaban J connectivity index is 1.84. The van der Waals surface area contributed by atoms with Gasteiger partial charge in [0, 0.05) is 12.4 Å². The molecule has 0 fully saturated rings. The zero-order valence-electron chi connectivity index (χ0n) is 11.9. The number of nitriles is 1. The molecule has 3 aromatic rings. The van der Waals surface area contributed by atoms with Crippen LogP contribution in [0.1, 0.15) is 11.1 Å². The van der Waals surface area contributed by atoms with Crippen LogP contribution in [0.2, 0.25) is 0 Å². The van der Waals surface area contributed by atoms with Crippen molar-refractivity contribution in [2.75, 3.05) is 5.32 Å². The minimum Gasteiger partial charge on any atom is -0.508 e. The smallest absolute Gasteiger partial charge is 0.172 e. The van der Waals surface area contributed by atoms with Crippen molar-refractivity contribution in [2.24, 2.45) is 4.99 Å². The van der Waals surface area contributed by atoms with Crippen LogP contribution in [0.3, 0.4) is 0 Å². The normalized spacial score (nSPS) is 10.6. The van der Waals surface area contributed by atoms with Gasteiger partial charge in [-0.1, -0.05) is 0 Å². The van der Waals surface area contributed by atoms with Crippen LogP contribution < -0.4 is 5.32 Å². The second-order valence-electron chi connectivity index (χ2n) is 4.62. The standard InChI is InChI=1S/C16H12N6O/c17-8-14-15(19-9-11-3-5-13(23)6-4-11)21-22-16(14)20-12-2-1-7-18-10-12/h1-7,9-10,23H,(H2,20,21,22)/b19-9+. The van der Waals surface area contributed by atoms with Gasteiger partial charge in [0.2, 0.25) is 0 Å². The average Bonchev–Trinajstić information content (AvgIpc) is 2.97. The van der Waals surface area contributed by atoms with Crippen molar-refractivity contribution in [1.29, 1.82) is 5.26 Å². The van der Waals surface area contributed by atoms with E-state index in [0.717, 1.165) is 11.3 Å². The molecule has 7 heteroatoms. The van der Waals surface area contributed by atoms with Crippen molar-refractivity contribution in [3.8, 4) is 11.8 Å². The number of H-pyrrole nitrogens is 1. The molecule has 3 rings (SSSR count). The highest BCUT2D eigenvalue weighted by molar-refractivity contribution is 5.83. The summed E-state index contributed by atoms with van der Waals surface area (Å²) in [5.74, 6) is 0.926. The van der Waals surface area contributed by atoms with Gasteiger partial charge in [-0.2, -0.15) is 10.4 Å². The SMILES string of the molecule is N#Cc1c(Nc2cccnc2)n[nH]c1/N=C/c1ccc(O)cc1. The van der Waals surface area contributed by atoms with Gasteiger partial charge in [0.25, 0.3) is 0 Å². The average molecular weight is 304 g/mol. The Morgan fingerprint density at radius 3 is 2.78 bits per heavy atom. The number of aliphatic imine (C=N–C) groups is 1. The van der Waals surface area contributed by atoms with Crippen molar-refractivity contribution in [1.82, 2.24) is 15.2 Å². The van der Waals surface area contributed by atoms with Crippen LogP contribution in [-0.2, 0) is 0 Å². The van der Waals surface area contributed by atoms with Crippen LogP contribution in [-0.4, -0.2) is 26.5 Å². The summed E-state index contributed by atoms with van der Waals surface area (Å²) in [6.45, 7) is 0. The van der Waals surface area contributed by atoms with E-state index in [-0.39, 0.29) is 5.75 Å². The zero-order chi connectivity index (χ0) is 16.1. The molecule has 0 atom stereocenters. The molecule has 2 heterocycles. The van der Waals surface area contributed by atoms with E-state index < -0.39 is 0 Å². The van der Waals surface area contributed by atoms with Crippen LogP contribution in [0.5, 0.6) is 5.75 Å². The Hall–Kier alpha value is -3.66. The molecule has 0 unspecified atom stereocenters. The number of phenolic OH excluding ortho intramolecular Hbond substituents is 1. The highest BCUT2D eigenvalue weighted by atomic mass is 16.3. The summed E-state index contributed by atoms with van der Waals surface area (Å²) < 4.78 is 0. The van der Waals surface area contributed by atoms with E-state index in [1.165, 1.54) is 0 Å². The third-order valence-electron chi connectivity index (χ3n) is 3.02. The maximum atomic E-state index is 9.33. The van der Waals surface area contributed by atoms with Crippen molar-refractivity contribution in [3.05, 3.63) is 59.9 Å². The van der Waals surface area contributed by atoms with Crippen molar-refractivity contribution >= 4 is 23.5 Å². The highest BCUT2D eigenvalue weighted by Gasteiger charge is 2.12. The number of hydrogen-bond donors (Lipinski definition) is 3. The number of pyridine rings is 1. The summed E-state index contributed by atoms with van der Waals surface area (Å²) in [6, 6.07) is 12.2. The van der Waals surface area contributed by atoms with Crippen molar-refractivity contribution < 1.29 is 5.11 Å². The van der Waals surface area contributed by atoms with Crippen LogP contribution in [0.25, 0.3) is 0 Å². The van der Waals surface area contributed by atoms with E-state index in [1.807, 2.05) is 6.07 Å². The molecule has 0 radical (unpaired) electrons. The number of aromatic amines is 1. The van der Waals surface area contributed by atoms with Gasteiger partial charge in [-0.15, -0.1) is 0 Å². The molecule has 0 saturated carbocycles. The van der Waals surface area contributed by atoms with Gasteiger partial charge in [-0.25, -0.2) is 4.99 Å². The van der Waals surface area contributed by atoms with E-state index in [0.29, 0.717) is 17.2 Å². The van der Waals surface area contributed by atoms with Gasteiger partial charge in [-0.3, -0.25) is 10.1 Å². The Bertz CT molecular complexity index is 862. The lowest BCUT2D eigenvalue weighted by Gasteiger charge is -2.01. The minimum atomic E-state index is 0.185. The Morgan fingerprint density at radius 2 is 2.09 bits per heavy atom. The van der Waals surface area contributed by atoms with E-state index in [4.69, 9.17) is 0 Å². The number of benzene rings is 1. The molecule has 23 heavy (non-hydrogen) atoms. The monoisotopic (exact) mass is 304 g/mol. The Kier molecular flexibility index (Phi) is 3.98. The first-order valence-corrected chi connectivity index (χ1v) is 6.75. The number of rotatable bonds is 4. The predicted octanol–water partition coefficient (Wildman–Crippen LogP) is 2.88. The summed E-state index contributed by atoms with van der Waals surface area (Å²) in [7, 11) is 0. The number of hydrogen-bond acceptors (Lipinski definition) is 6. The predicted molar refractivity (Wildman–Crippen MR) is 86.2 cm³/mol. The summed E-state index contributed by atoms with van der Waals surface area (Å²) >= 11 is 0. The quantitative estimate of drug-likeness (QED) is 0.642. The molecular weight excluding hydrogens is 292 g/mol. The molecule has 0 aliphatic rings. The first-order chi connectivity index (χ1) is 11.3. The van der Waals surface area contributed by atoms with E-state index in [2.05, 4.69) is 31.6 Å². The third kappa shape index (κ3) is 3.33. The second-order valence-corrected chi connectivity index (χ2v) is 4.62. The number of nitrogens with one attached hydrogen (secondary N) is 2.